The van der Waals surface area contributed by atoms with E-state index in [-0.39, 0.29) is 11.0 Å². The van der Waals surface area contributed by atoms with E-state index in [1.807, 2.05) is 12.3 Å². The Morgan fingerprint density at radius 3 is 2.12 bits per heavy atom. The van der Waals surface area contributed by atoms with Crippen molar-refractivity contribution in [2.75, 3.05) is 12.4 Å². The van der Waals surface area contributed by atoms with E-state index >= 15 is 0 Å². The zero-order valence-corrected chi connectivity index (χ0v) is 12.0. The number of aromatic nitrogens is 1. The second-order valence-electron chi connectivity index (χ2n) is 6.39. The molecule has 96 valence electrons. The van der Waals surface area contributed by atoms with Crippen LogP contribution in [0.4, 0.5) is 5.69 Å². The van der Waals surface area contributed by atoms with E-state index in [1.54, 1.807) is 7.11 Å². The fourth-order valence-electron chi connectivity index (χ4n) is 1.51. The van der Waals surface area contributed by atoms with Crippen molar-refractivity contribution in [2.45, 2.75) is 52.5 Å². The van der Waals surface area contributed by atoms with Crippen LogP contribution in [0.5, 0.6) is 5.75 Å². The largest absolute Gasteiger partial charge is 0.494 e. The van der Waals surface area contributed by atoms with Crippen LogP contribution in [-0.2, 0) is 5.41 Å². The molecule has 1 aromatic rings. The van der Waals surface area contributed by atoms with Crippen molar-refractivity contribution in [1.29, 1.82) is 0 Å². The molecule has 0 aliphatic rings. The molecule has 0 bridgehead atoms. The van der Waals surface area contributed by atoms with Gasteiger partial charge >= 0.3 is 0 Å². The molecule has 0 aliphatic heterocycles. The molecule has 3 nitrogen and oxygen atoms in total. The Morgan fingerprint density at radius 1 is 1.12 bits per heavy atom. The number of pyridine rings is 1. The Hall–Kier alpha value is -1.25. The van der Waals surface area contributed by atoms with Crippen LogP contribution in [-0.4, -0.2) is 17.6 Å². The third kappa shape index (κ3) is 3.91. The molecule has 3 heteroatoms. The smallest absolute Gasteiger partial charge is 0.145 e. The van der Waals surface area contributed by atoms with Crippen LogP contribution in [0, 0.1) is 0 Å². The van der Waals surface area contributed by atoms with Crippen LogP contribution in [0.25, 0.3) is 0 Å². The van der Waals surface area contributed by atoms with Crippen LogP contribution in [0.15, 0.2) is 12.3 Å². The number of methoxy groups -OCH3 is 1. The number of rotatable bonds is 2. The van der Waals surface area contributed by atoms with Crippen molar-refractivity contribution >= 4 is 5.69 Å². The van der Waals surface area contributed by atoms with Gasteiger partial charge in [0.15, 0.2) is 0 Å². The molecule has 0 radical (unpaired) electrons. The van der Waals surface area contributed by atoms with Gasteiger partial charge in [-0.25, -0.2) is 0 Å². The molecule has 0 saturated heterocycles. The third-order valence-corrected chi connectivity index (χ3v) is 2.36. The third-order valence-electron chi connectivity index (χ3n) is 2.36. The molecule has 1 heterocycles. The first-order valence-corrected chi connectivity index (χ1v) is 5.96. The molecule has 1 N–H and O–H groups in total. The topological polar surface area (TPSA) is 34.1 Å². The van der Waals surface area contributed by atoms with Crippen molar-refractivity contribution < 1.29 is 4.74 Å². The molecule has 0 saturated carbocycles. The number of nitrogens with one attached hydrogen (secondary N) is 1. The molecule has 0 unspecified atom stereocenters. The molecule has 17 heavy (non-hydrogen) atoms. The number of hydrogen-bond donors (Lipinski definition) is 1. The number of anilines is 1. The normalized spacial score (nSPS) is 12.4. The molecular formula is C14H24N2O. The standard InChI is InChI=1S/C14H24N2O/c1-13(2,3)12-8-11(17-7)10(9-15-12)16-14(4,5)6/h8-9,16H,1-7H3. The minimum Gasteiger partial charge on any atom is -0.494 e. The van der Waals surface area contributed by atoms with Gasteiger partial charge in [0.1, 0.15) is 5.75 Å². The highest BCUT2D eigenvalue weighted by molar-refractivity contribution is 5.57. The van der Waals surface area contributed by atoms with Crippen molar-refractivity contribution in [3.05, 3.63) is 18.0 Å². The highest BCUT2D eigenvalue weighted by Crippen LogP contribution is 2.30. The summed E-state index contributed by atoms with van der Waals surface area (Å²) in [4.78, 5) is 4.50. The monoisotopic (exact) mass is 236 g/mol. The summed E-state index contributed by atoms with van der Waals surface area (Å²) in [7, 11) is 1.69. The number of nitrogens with zero attached hydrogens (tertiary/aromatic N) is 1. The molecule has 1 rings (SSSR count). The van der Waals surface area contributed by atoms with Crippen LogP contribution in [0.3, 0.4) is 0 Å². The number of ether oxygens (including phenoxy) is 1. The molecule has 0 atom stereocenters. The minimum atomic E-state index is -0.00178. The van der Waals surface area contributed by atoms with Crippen LogP contribution < -0.4 is 10.1 Å². The second kappa shape index (κ2) is 4.55. The summed E-state index contributed by atoms with van der Waals surface area (Å²) in [5, 5.41) is 3.39. The first-order chi connectivity index (χ1) is 7.63. The van der Waals surface area contributed by atoms with E-state index in [0.29, 0.717) is 0 Å². The lowest BCUT2D eigenvalue weighted by atomic mass is 9.91. The molecule has 0 aromatic carbocycles. The first kappa shape index (κ1) is 13.8. The van der Waals surface area contributed by atoms with Crippen molar-refractivity contribution in [1.82, 2.24) is 4.98 Å². The average Bonchev–Trinajstić information content (AvgIpc) is 2.14. The molecule has 0 fully saturated rings. The van der Waals surface area contributed by atoms with Gasteiger partial charge in [0, 0.05) is 22.7 Å². The van der Waals surface area contributed by atoms with E-state index in [2.05, 4.69) is 51.8 Å². The summed E-state index contributed by atoms with van der Waals surface area (Å²) in [5.41, 5.74) is 2.01. The fraction of sp³-hybridized carbons (Fsp3) is 0.643. The molecule has 1 aromatic heterocycles. The maximum atomic E-state index is 5.42. The number of hydrogen-bond acceptors (Lipinski definition) is 3. The van der Waals surface area contributed by atoms with Gasteiger partial charge in [0.2, 0.25) is 0 Å². The predicted molar refractivity (Wildman–Crippen MR) is 72.9 cm³/mol. The van der Waals surface area contributed by atoms with Crippen LogP contribution >= 0.6 is 0 Å². The summed E-state index contributed by atoms with van der Waals surface area (Å²) in [6.45, 7) is 12.8. The van der Waals surface area contributed by atoms with E-state index in [0.717, 1.165) is 17.1 Å². The molecular weight excluding hydrogens is 212 g/mol. The fourth-order valence-corrected chi connectivity index (χ4v) is 1.51. The summed E-state index contributed by atoms with van der Waals surface area (Å²) >= 11 is 0. The second-order valence-corrected chi connectivity index (χ2v) is 6.39. The summed E-state index contributed by atoms with van der Waals surface area (Å²) in [5.74, 6) is 0.847. The summed E-state index contributed by atoms with van der Waals surface area (Å²) in [6.07, 6.45) is 1.85. The predicted octanol–water partition coefficient (Wildman–Crippen LogP) is 3.60. The lowest BCUT2D eigenvalue weighted by Gasteiger charge is -2.25. The summed E-state index contributed by atoms with van der Waals surface area (Å²) < 4.78 is 5.42. The lowest BCUT2D eigenvalue weighted by molar-refractivity contribution is 0.411. The van der Waals surface area contributed by atoms with Gasteiger partial charge in [-0.3, -0.25) is 4.98 Å². The van der Waals surface area contributed by atoms with Crippen LogP contribution in [0.1, 0.15) is 47.2 Å². The highest BCUT2D eigenvalue weighted by atomic mass is 16.5. The van der Waals surface area contributed by atoms with Gasteiger partial charge in [-0.05, 0) is 20.8 Å². The molecule has 0 amide bonds. The first-order valence-electron chi connectivity index (χ1n) is 5.96. The molecule has 0 aliphatic carbocycles. The summed E-state index contributed by atoms with van der Waals surface area (Å²) in [6, 6.07) is 2.01. The zero-order chi connectivity index (χ0) is 13.3. The van der Waals surface area contributed by atoms with Gasteiger partial charge in [0.25, 0.3) is 0 Å². The van der Waals surface area contributed by atoms with Gasteiger partial charge in [-0.15, -0.1) is 0 Å². The highest BCUT2D eigenvalue weighted by Gasteiger charge is 2.19. The molecule has 0 spiro atoms. The maximum Gasteiger partial charge on any atom is 0.145 e. The van der Waals surface area contributed by atoms with Gasteiger partial charge < -0.3 is 10.1 Å². The van der Waals surface area contributed by atoms with E-state index in [4.69, 9.17) is 4.74 Å². The SMILES string of the molecule is COc1cc(C(C)(C)C)ncc1NC(C)(C)C. The van der Waals surface area contributed by atoms with E-state index in [9.17, 15) is 0 Å². The average molecular weight is 236 g/mol. The van der Waals surface area contributed by atoms with E-state index in [1.165, 1.54) is 0 Å². The lowest BCUT2D eigenvalue weighted by Crippen LogP contribution is -2.26. The van der Waals surface area contributed by atoms with Crippen LogP contribution in [0.2, 0.25) is 0 Å². The maximum absolute atomic E-state index is 5.42. The van der Waals surface area contributed by atoms with Crippen molar-refractivity contribution in [3.63, 3.8) is 0 Å². The minimum absolute atomic E-state index is 0.00178. The zero-order valence-electron chi connectivity index (χ0n) is 12.0. The van der Waals surface area contributed by atoms with Crippen molar-refractivity contribution in [3.8, 4) is 5.75 Å². The Labute approximate surface area is 105 Å². The Morgan fingerprint density at radius 2 is 1.71 bits per heavy atom. The van der Waals surface area contributed by atoms with E-state index < -0.39 is 0 Å². The quantitative estimate of drug-likeness (QED) is 0.852. The van der Waals surface area contributed by atoms with Gasteiger partial charge in [0.05, 0.1) is 19.0 Å². The Bertz CT molecular complexity index is 386. The van der Waals surface area contributed by atoms with Gasteiger partial charge in [-0.1, -0.05) is 20.8 Å². The van der Waals surface area contributed by atoms with Gasteiger partial charge in [-0.2, -0.15) is 0 Å². The Balaban J connectivity index is 3.10. The Kier molecular flexibility index (Phi) is 3.70. The van der Waals surface area contributed by atoms with Crippen molar-refractivity contribution in [2.24, 2.45) is 0 Å².